The van der Waals surface area contributed by atoms with E-state index in [1.165, 1.54) is 0 Å². The van der Waals surface area contributed by atoms with Gasteiger partial charge in [0, 0.05) is 6.20 Å². The maximum absolute atomic E-state index is 11.8. The summed E-state index contributed by atoms with van der Waals surface area (Å²) in [4.78, 5) is 42.3. The number of phosphoric acid groups is 1. The molecule has 0 aromatic carbocycles. The van der Waals surface area contributed by atoms with Crippen LogP contribution in [0, 0.1) is 0 Å². The molecule has 12 nitrogen and oxygen atoms in total. The van der Waals surface area contributed by atoms with Crippen LogP contribution in [0.15, 0.2) is 15.8 Å². The van der Waals surface area contributed by atoms with E-state index in [1.54, 1.807) is 0 Å². The maximum atomic E-state index is 11.8. The number of H-pyrrole nitrogens is 1. The van der Waals surface area contributed by atoms with Gasteiger partial charge in [0.05, 0.1) is 18.8 Å². The molecule has 4 atom stereocenters. The Kier molecular flexibility index (Phi) is 5.18. The molecule has 0 spiro atoms. The molecule has 130 valence electrons. The standard InChI is InChI=1S/C10H15N2O10P/c13-2-4-1-12(10(17)11-8(4)16)9-7(15)6(14)5(22-9)3-21-23(18,19)20/h1,5-7,9,13-15H,2-3H2,(H,11,16,17)(H2,18,19,20)/t5-,6?,7+,9-/m1/s1. The molecule has 6 N–H and O–H groups in total. The van der Waals surface area contributed by atoms with Gasteiger partial charge in [0.25, 0.3) is 5.56 Å². The zero-order chi connectivity index (χ0) is 17.4. The number of rotatable bonds is 5. The molecule has 1 aromatic rings. The molecule has 0 saturated carbocycles. The summed E-state index contributed by atoms with van der Waals surface area (Å²) in [7, 11) is -4.81. The van der Waals surface area contributed by atoms with Gasteiger partial charge in [-0.15, -0.1) is 0 Å². The molecule has 0 aliphatic carbocycles. The molecule has 1 aromatic heterocycles. The van der Waals surface area contributed by atoms with Crippen molar-refractivity contribution in [2.24, 2.45) is 0 Å². The molecule has 23 heavy (non-hydrogen) atoms. The minimum Gasteiger partial charge on any atom is -0.391 e. The number of phosphoric ester groups is 1. The van der Waals surface area contributed by atoms with E-state index in [4.69, 9.17) is 19.6 Å². The van der Waals surface area contributed by atoms with Gasteiger partial charge in [-0.3, -0.25) is 18.9 Å². The second-order valence-corrected chi connectivity index (χ2v) is 6.05. The quantitative estimate of drug-likeness (QED) is 0.293. The van der Waals surface area contributed by atoms with Crippen molar-refractivity contribution in [3.05, 3.63) is 32.6 Å². The van der Waals surface area contributed by atoms with Crippen LogP contribution >= 0.6 is 7.82 Å². The number of aliphatic hydroxyl groups is 3. The number of nitrogens with zero attached hydrogens (tertiary/aromatic N) is 1. The fourth-order valence-electron chi connectivity index (χ4n) is 2.10. The number of ether oxygens (including phenoxy) is 1. The molecule has 13 heteroatoms. The first kappa shape index (κ1) is 18.0. The monoisotopic (exact) mass is 354 g/mol. The second-order valence-electron chi connectivity index (χ2n) is 4.81. The molecule has 1 fully saturated rings. The lowest BCUT2D eigenvalue weighted by atomic mass is 10.1. The Morgan fingerprint density at radius 1 is 1.30 bits per heavy atom. The summed E-state index contributed by atoms with van der Waals surface area (Å²) in [6.07, 6.45) is -5.03. The van der Waals surface area contributed by atoms with Crippen molar-refractivity contribution < 1.29 is 38.9 Å². The predicted molar refractivity (Wildman–Crippen MR) is 71.2 cm³/mol. The van der Waals surface area contributed by atoms with E-state index in [-0.39, 0.29) is 5.56 Å². The van der Waals surface area contributed by atoms with Crippen molar-refractivity contribution in [1.82, 2.24) is 9.55 Å². The van der Waals surface area contributed by atoms with E-state index in [1.807, 2.05) is 4.98 Å². The largest absolute Gasteiger partial charge is 0.469 e. The van der Waals surface area contributed by atoms with Crippen molar-refractivity contribution in [2.45, 2.75) is 31.1 Å². The predicted octanol–water partition coefficient (Wildman–Crippen LogP) is -3.24. The molecule has 1 aliphatic rings. The Morgan fingerprint density at radius 2 is 1.96 bits per heavy atom. The molecule has 0 amide bonds. The first-order valence-corrected chi connectivity index (χ1v) is 7.84. The molecule has 1 unspecified atom stereocenters. The minimum absolute atomic E-state index is 0.176. The number of hydrogen-bond donors (Lipinski definition) is 6. The average molecular weight is 354 g/mol. The van der Waals surface area contributed by atoms with Crippen LogP contribution in [0.2, 0.25) is 0 Å². The SMILES string of the molecule is O=c1[nH]c(=O)n([C@@H]2O[C@H](COP(=O)(O)O)C(O)[C@@H]2O)cc1CO. The fourth-order valence-corrected chi connectivity index (χ4v) is 2.44. The number of aliphatic hydroxyl groups excluding tert-OH is 3. The van der Waals surface area contributed by atoms with Crippen LogP contribution in [-0.4, -0.2) is 59.6 Å². The van der Waals surface area contributed by atoms with Crippen molar-refractivity contribution >= 4 is 7.82 Å². The molecule has 1 saturated heterocycles. The van der Waals surface area contributed by atoms with Crippen molar-refractivity contribution in [1.29, 1.82) is 0 Å². The molecule has 2 heterocycles. The summed E-state index contributed by atoms with van der Waals surface area (Å²) < 4.78 is 20.8. The van der Waals surface area contributed by atoms with Crippen molar-refractivity contribution in [3.63, 3.8) is 0 Å². The van der Waals surface area contributed by atoms with E-state index in [9.17, 15) is 24.4 Å². The highest BCUT2D eigenvalue weighted by atomic mass is 31.2. The molecule has 0 radical (unpaired) electrons. The number of aromatic nitrogens is 2. The van der Waals surface area contributed by atoms with E-state index in [2.05, 4.69) is 4.52 Å². The lowest BCUT2D eigenvalue weighted by Crippen LogP contribution is -2.38. The topological polar surface area (TPSA) is 192 Å². The number of hydrogen-bond acceptors (Lipinski definition) is 8. The lowest BCUT2D eigenvalue weighted by molar-refractivity contribution is -0.0545. The van der Waals surface area contributed by atoms with Crippen LogP contribution < -0.4 is 11.2 Å². The van der Waals surface area contributed by atoms with E-state index in [0.717, 1.165) is 10.8 Å². The third kappa shape index (κ3) is 3.94. The first-order valence-electron chi connectivity index (χ1n) is 6.31. The zero-order valence-corrected chi connectivity index (χ0v) is 12.4. The smallest absolute Gasteiger partial charge is 0.391 e. The molecule has 2 rings (SSSR count). The summed E-state index contributed by atoms with van der Waals surface area (Å²) in [5.74, 6) is 0. The fraction of sp³-hybridized carbons (Fsp3) is 0.600. The van der Waals surface area contributed by atoms with Crippen molar-refractivity contribution in [2.75, 3.05) is 6.61 Å². The van der Waals surface area contributed by atoms with Gasteiger partial charge < -0.3 is 29.8 Å². The first-order chi connectivity index (χ1) is 10.6. The van der Waals surface area contributed by atoms with Gasteiger partial charge in [0.2, 0.25) is 0 Å². The van der Waals surface area contributed by atoms with Gasteiger partial charge in [0.1, 0.15) is 18.3 Å². The van der Waals surface area contributed by atoms with Gasteiger partial charge in [0.15, 0.2) is 6.23 Å². The van der Waals surface area contributed by atoms with Gasteiger partial charge in [-0.25, -0.2) is 9.36 Å². The highest BCUT2D eigenvalue weighted by molar-refractivity contribution is 7.46. The Labute approximate surface area is 127 Å². The summed E-state index contributed by atoms with van der Waals surface area (Å²) >= 11 is 0. The van der Waals surface area contributed by atoms with Gasteiger partial charge >= 0.3 is 13.5 Å². The van der Waals surface area contributed by atoms with Gasteiger partial charge in [-0.05, 0) is 0 Å². The average Bonchev–Trinajstić information content (AvgIpc) is 2.73. The van der Waals surface area contributed by atoms with E-state index < -0.39 is 56.8 Å². The second kappa shape index (κ2) is 6.63. The van der Waals surface area contributed by atoms with E-state index >= 15 is 0 Å². The van der Waals surface area contributed by atoms with Crippen LogP contribution in [0.3, 0.4) is 0 Å². The van der Waals surface area contributed by atoms with Crippen LogP contribution in [-0.2, 0) is 20.4 Å². The summed E-state index contributed by atoms with van der Waals surface area (Å²) in [5.41, 5.74) is -1.95. The van der Waals surface area contributed by atoms with Crippen LogP contribution in [0.25, 0.3) is 0 Å². The van der Waals surface area contributed by atoms with Crippen LogP contribution in [0.4, 0.5) is 0 Å². The Hall–Kier alpha value is -1.37. The zero-order valence-electron chi connectivity index (χ0n) is 11.5. The van der Waals surface area contributed by atoms with Gasteiger partial charge in [-0.2, -0.15) is 0 Å². The summed E-state index contributed by atoms with van der Waals surface area (Å²) in [6.45, 7) is -1.41. The lowest BCUT2D eigenvalue weighted by Gasteiger charge is -2.17. The number of nitrogens with one attached hydrogen (secondary N) is 1. The normalized spacial score (nSPS) is 28.2. The highest BCUT2D eigenvalue weighted by Crippen LogP contribution is 2.38. The number of aromatic amines is 1. The molecule has 1 aliphatic heterocycles. The summed E-state index contributed by atoms with van der Waals surface area (Å²) in [6, 6.07) is 0. The third-order valence-electron chi connectivity index (χ3n) is 3.23. The van der Waals surface area contributed by atoms with Crippen LogP contribution in [0.5, 0.6) is 0 Å². The maximum Gasteiger partial charge on any atom is 0.469 e. The Bertz CT molecular complexity index is 723. The summed E-state index contributed by atoms with van der Waals surface area (Å²) in [5, 5.41) is 28.8. The molecule has 0 bridgehead atoms. The highest BCUT2D eigenvalue weighted by Gasteiger charge is 2.45. The van der Waals surface area contributed by atoms with Crippen molar-refractivity contribution in [3.8, 4) is 0 Å². The van der Waals surface area contributed by atoms with Gasteiger partial charge in [-0.1, -0.05) is 0 Å². The Morgan fingerprint density at radius 3 is 2.52 bits per heavy atom. The third-order valence-corrected chi connectivity index (χ3v) is 3.72. The molecular formula is C10H15N2O10P. The van der Waals surface area contributed by atoms with E-state index in [0.29, 0.717) is 0 Å². The Balaban J connectivity index is 2.26. The van der Waals surface area contributed by atoms with Crippen LogP contribution in [0.1, 0.15) is 11.8 Å². The minimum atomic E-state index is -4.81. The molecular weight excluding hydrogens is 339 g/mol.